The third-order valence-corrected chi connectivity index (χ3v) is 12.5. The number of aromatic nitrogens is 3. The van der Waals surface area contributed by atoms with E-state index in [1.807, 2.05) is 58.2 Å². The second-order valence-corrected chi connectivity index (χ2v) is 17.2. The lowest BCUT2D eigenvalue weighted by molar-refractivity contribution is -0.294. The van der Waals surface area contributed by atoms with E-state index in [-0.39, 0.29) is 17.9 Å². The Morgan fingerprint density at radius 3 is 2.52 bits per heavy atom. The highest BCUT2D eigenvalue weighted by Crippen LogP contribution is 2.40. The number of carbonyl (C=O) groups is 3. The van der Waals surface area contributed by atoms with E-state index in [4.69, 9.17) is 29.4 Å². The number of ether oxygens (including phenoxy) is 5. The normalized spacial score (nSPS) is 36.7. The van der Waals surface area contributed by atoms with Gasteiger partial charge in [0.25, 0.3) is 0 Å². The van der Waals surface area contributed by atoms with Gasteiger partial charge >= 0.3 is 12.1 Å². The van der Waals surface area contributed by atoms with Crippen molar-refractivity contribution in [1.29, 1.82) is 0 Å². The van der Waals surface area contributed by atoms with Crippen LogP contribution in [0.5, 0.6) is 0 Å². The molecular formula is C43H66N6O9. The lowest BCUT2D eigenvalue weighted by atomic mass is 9.78. The number of nitrogens with one attached hydrogen (secondary N) is 1. The summed E-state index contributed by atoms with van der Waals surface area (Å²) in [6.45, 7) is 20.3. The van der Waals surface area contributed by atoms with E-state index in [1.165, 1.54) is 6.92 Å². The van der Waals surface area contributed by atoms with Gasteiger partial charge in [-0.15, -0.1) is 11.7 Å². The van der Waals surface area contributed by atoms with Crippen LogP contribution in [0.25, 0.3) is 11.3 Å². The minimum Gasteiger partial charge on any atom is -0.458 e. The Balaban J connectivity index is 1.40. The number of hydrogen-bond donors (Lipinski definition) is 3. The molecule has 3 aliphatic heterocycles. The molecule has 3 saturated heterocycles. The van der Waals surface area contributed by atoms with Crippen molar-refractivity contribution in [3.63, 3.8) is 0 Å². The van der Waals surface area contributed by atoms with Gasteiger partial charge in [-0.05, 0) is 90.3 Å². The number of ketones is 1. The fourth-order valence-corrected chi connectivity index (χ4v) is 9.15. The third kappa shape index (κ3) is 9.76. The molecule has 58 heavy (non-hydrogen) atoms. The lowest BCUT2D eigenvalue weighted by Gasteiger charge is -2.45. The minimum atomic E-state index is -1.29. The van der Waals surface area contributed by atoms with Gasteiger partial charge in [-0.1, -0.05) is 51.1 Å². The van der Waals surface area contributed by atoms with Gasteiger partial charge < -0.3 is 39.8 Å². The molecule has 0 spiro atoms. The second kappa shape index (κ2) is 19.0. The molecule has 0 saturated carbocycles. The van der Waals surface area contributed by atoms with Crippen molar-refractivity contribution in [1.82, 2.24) is 25.2 Å². The Labute approximate surface area is 343 Å². The zero-order valence-corrected chi connectivity index (χ0v) is 35.8. The lowest BCUT2D eigenvalue weighted by Crippen LogP contribution is -2.61. The van der Waals surface area contributed by atoms with E-state index in [0.29, 0.717) is 57.4 Å². The number of esters is 1. The molecule has 3 unspecified atom stereocenters. The fourth-order valence-electron chi connectivity index (χ4n) is 9.15. The SMILES string of the molecule is C=C[C@H]1NC[C@H](C)C[C@@](C)(OC)[C@H](O[C@@H]2OC(C)CC(C)C2O)[C@@H](C)C(=O)[C@@H](C)C(=O)O[C@H](CC)[C@@]2(C)OC(=O)N(CCCCn3cc(-c4cccc(N)c4)nn3)[C@H]12. The Morgan fingerprint density at radius 1 is 1.12 bits per heavy atom. The number of nitrogens with zero attached hydrogens (tertiary/aromatic N) is 4. The molecule has 0 aliphatic carbocycles. The van der Waals surface area contributed by atoms with Crippen molar-refractivity contribution in [2.24, 2.45) is 23.7 Å². The van der Waals surface area contributed by atoms with Crippen LogP contribution >= 0.6 is 0 Å². The van der Waals surface area contributed by atoms with Gasteiger partial charge in [0.1, 0.15) is 23.8 Å². The molecule has 4 heterocycles. The number of nitrogens with two attached hydrogens (primary N) is 1. The molecule has 322 valence electrons. The zero-order chi connectivity index (χ0) is 42.5. The average Bonchev–Trinajstić information content (AvgIpc) is 3.76. The number of Topliss-reactive ketones (excluding diaryl/α,β-unsaturated/α-hetero) is 1. The van der Waals surface area contributed by atoms with Gasteiger partial charge in [0, 0.05) is 43.4 Å². The van der Waals surface area contributed by atoms with Crippen molar-refractivity contribution < 1.29 is 43.2 Å². The van der Waals surface area contributed by atoms with Gasteiger partial charge in [0.05, 0.1) is 30.0 Å². The molecule has 2 aromatic rings. The van der Waals surface area contributed by atoms with Crippen LogP contribution in [0, 0.1) is 23.7 Å². The summed E-state index contributed by atoms with van der Waals surface area (Å²) in [6, 6.07) is 6.39. The molecule has 0 bridgehead atoms. The van der Waals surface area contributed by atoms with Crippen molar-refractivity contribution in [3.8, 4) is 11.3 Å². The maximum Gasteiger partial charge on any atom is 0.410 e. The third-order valence-electron chi connectivity index (χ3n) is 12.5. The van der Waals surface area contributed by atoms with Crippen LogP contribution < -0.4 is 11.1 Å². The molecule has 1 aromatic carbocycles. The van der Waals surface area contributed by atoms with Crippen molar-refractivity contribution in [2.45, 2.75) is 148 Å². The molecular weight excluding hydrogens is 745 g/mol. The van der Waals surface area contributed by atoms with Crippen molar-refractivity contribution in [3.05, 3.63) is 43.1 Å². The van der Waals surface area contributed by atoms with E-state index < -0.39 is 77.6 Å². The molecule has 1 aromatic heterocycles. The molecule has 1 amide bonds. The van der Waals surface area contributed by atoms with Gasteiger partial charge in [-0.25, -0.2) is 4.79 Å². The number of hydrogen-bond acceptors (Lipinski definition) is 13. The van der Waals surface area contributed by atoms with Crippen LogP contribution in [0.1, 0.15) is 87.5 Å². The number of cyclic esters (lactones) is 1. The number of methoxy groups -OCH3 is 1. The Hall–Kier alpha value is -3.89. The summed E-state index contributed by atoms with van der Waals surface area (Å²) in [7, 11) is 1.58. The number of anilines is 1. The molecule has 0 radical (unpaired) electrons. The number of amides is 1. The standard InChI is InChI=1S/C43H66N6O9/c1-11-32-37-43(9,58-41(53)49(37)19-14-13-18-48-24-33(46-47-48)30-16-15-17-31(44)21-30)34(12-2)56-39(52)29(7)36(51)28(6)38(42(8,54-10)22-25(3)23-45-32)57-40-35(50)26(4)20-27(5)55-40/h11,15-17,21,24-29,32,34-35,37-38,40,45,50H,1,12-14,18-20,22-23,44H2,2-10H3/t25-,26?,27?,28+,29-,32-,34-,35?,37-,38-,40+,42-,43-/m1/s1. The summed E-state index contributed by atoms with van der Waals surface area (Å²) in [5.74, 6) is -3.31. The van der Waals surface area contributed by atoms with Crippen LogP contribution in [-0.2, 0) is 39.8 Å². The van der Waals surface area contributed by atoms with Crippen molar-refractivity contribution >= 4 is 23.5 Å². The highest BCUT2D eigenvalue weighted by Gasteiger charge is 2.59. The second-order valence-electron chi connectivity index (χ2n) is 17.2. The number of aliphatic hydroxyl groups is 1. The topological polar surface area (TPSA) is 190 Å². The summed E-state index contributed by atoms with van der Waals surface area (Å²) in [6.07, 6.45) is 2.01. The molecule has 3 fully saturated rings. The molecule has 5 rings (SSSR count). The predicted octanol–water partition coefficient (Wildman–Crippen LogP) is 5.16. The molecule has 13 atom stereocenters. The number of nitrogen functional groups attached to an aromatic ring is 1. The average molecular weight is 811 g/mol. The number of benzene rings is 1. The highest BCUT2D eigenvalue weighted by molar-refractivity contribution is 6.00. The van der Waals surface area contributed by atoms with Gasteiger partial charge in [-0.2, -0.15) is 0 Å². The molecule has 15 heteroatoms. The zero-order valence-electron chi connectivity index (χ0n) is 35.8. The van der Waals surface area contributed by atoms with Crippen LogP contribution in [0.3, 0.4) is 0 Å². The summed E-state index contributed by atoms with van der Waals surface area (Å²) in [5, 5.41) is 23.4. The minimum absolute atomic E-state index is 0.0455. The Bertz CT molecular complexity index is 1740. The molecule has 4 N–H and O–H groups in total. The monoisotopic (exact) mass is 810 g/mol. The number of fused-ring (bicyclic) bond motifs is 1. The first-order valence-corrected chi connectivity index (χ1v) is 20.9. The number of carbonyl (C=O) groups excluding carboxylic acids is 3. The van der Waals surface area contributed by atoms with E-state index >= 15 is 0 Å². The summed E-state index contributed by atoms with van der Waals surface area (Å²) in [5.41, 5.74) is 5.86. The number of unbranched alkanes of at least 4 members (excludes halogenated alkanes) is 1. The maximum absolute atomic E-state index is 14.3. The smallest absolute Gasteiger partial charge is 0.410 e. The predicted molar refractivity (Wildman–Crippen MR) is 218 cm³/mol. The molecule has 3 aliphatic rings. The largest absolute Gasteiger partial charge is 0.458 e. The van der Waals surface area contributed by atoms with E-state index in [9.17, 15) is 19.5 Å². The first-order valence-electron chi connectivity index (χ1n) is 20.9. The number of rotatable bonds is 11. The maximum atomic E-state index is 14.3. The first-order chi connectivity index (χ1) is 27.5. The Kier molecular flexibility index (Phi) is 14.8. The fraction of sp³-hybridized carbons (Fsp3) is 0.698. The summed E-state index contributed by atoms with van der Waals surface area (Å²) in [4.78, 5) is 43.9. The molecule has 15 nitrogen and oxygen atoms in total. The highest BCUT2D eigenvalue weighted by atomic mass is 16.7. The van der Waals surface area contributed by atoms with Crippen LogP contribution in [0.15, 0.2) is 43.1 Å². The number of aryl methyl sites for hydroxylation is 1. The van der Waals surface area contributed by atoms with Gasteiger partial charge in [-0.3, -0.25) is 19.2 Å². The van der Waals surface area contributed by atoms with Crippen LogP contribution in [-0.4, -0.2) is 117 Å². The van der Waals surface area contributed by atoms with E-state index in [2.05, 4.69) is 29.1 Å². The van der Waals surface area contributed by atoms with Gasteiger partial charge in [0.15, 0.2) is 17.7 Å². The number of aliphatic hydroxyl groups excluding tert-OH is 1. The van der Waals surface area contributed by atoms with Crippen molar-refractivity contribution in [2.75, 3.05) is 25.9 Å². The van der Waals surface area contributed by atoms with Crippen LogP contribution in [0.2, 0.25) is 0 Å². The van der Waals surface area contributed by atoms with E-state index in [1.54, 1.807) is 36.6 Å². The quantitative estimate of drug-likeness (QED) is 0.0889. The first kappa shape index (κ1) is 45.2. The van der Waals surface area contributed by atoms with Gasteiger partial charge in [0.2, 0.25) is 0 Å². The summed E-state index contributed by atoms with van der Waals surface area (Å²) < 4.78 is 33.1. The van der Waals surface area contributed by atoms with Crippen LogP contribution in [0.4, 0.5) is 10.5 Å². The van der Waals surface area contributed by atoms with E-state index in [0.717, 1.165) is 11.3 Å². The Morgan fingerprint density at radius 2 is 1.84 bits per heavy atom. The summed E-state index contributed by atoms with van der Waals surface area (Å²) >= 11 is 0.